The zero-order chi connectivity index (χ0) is 12.3. The second kappa shape index (κ2) is 4.84. The van der Waals surface area contributed by atoms with Crippen LogP contribution in [0.4, 0.5) is 8.78 Å². The van der Waals surface area contributed by atoms with E-state index in [9.17, 15) is 8.78 Å². The summed E-state index contributed by atoms with van der Waals surface area (Å²) in [6.07, 6.45) is 2.58. The highest BCUT2D eigenvalue weighted by molar-refractivity contribution is 5.28. The van der Waals surface area contributed by atoms with Gasteiger partial charge in [0, 0.05) is 6.07 Å². The number of rotatable bonds is 3. The Morgan fingerprint density at radius 3 is 2.82 bits per heavy atom. The highest BCUT2D eigenvalue weighted by Crippen LogP contribution is 2.23. The number of halogens is 2. The molecule has 0 aliphatic carbocycles. The van der Waals surface area contributed by atoms with E-state index in [1.54, 1.807) is 0 Å². The van der Waals surface area contributed by atoms with Crippen LogP contribution in [0, 0.1) is 11.6 Å². The quantitative estimate of drug-likeness (QED) is 0.889. The van der Waals surface area contributed by atoms with Crippen molar-refractivity contribution < 1.29 is 18.6 Å². The Morgan fingerprint density at radius 1 is 1.24 bits per heavy atom. The topological polar surface area (TPSA) is 55.2 Å². The molecule has 0 unspecified atom stereocenters. The Labute approximate surface area is 95.5 Å². The van der Waals surface area contributed by atoms with Crippen LogP contribution >= 0.6 is 0 Å². The zero-order valence-electron chi connectivity index (χ0n) is 8.60. The van der Waals surface area contributed by atoms with Gasteiger partial charge in [-0.05, 0) is 12.1 Å². The first kappa shape index (κ1) is 11.4. The third-order valence-electron chi connectivity index (χ3n) is 1.93. The minimum atomic E-state index is -0.706. The number of aliphatic hydroxyl groups excluding tert-OH is 1. The van der Waals surface area contributed by atoms with E-state index in [0.29, 0.717) is 0 Å². The predicted octanol–water partition coefficient (Wildman–Crippen LogP) is 2.04. The van der Waals surface area contributed by atoms with E-state index in [1.807, 2.05) is 0 Å². The van der Waals surface area contributed by atoms with Crippen LogP contribution in [-0.2, 0) is 6.61 Å². The molecular formula is C11H8F2N2O2. The van der Waals surface area contributed by atoms with E-state index < -0.39 is 11.6 Å². The van der Waals surface area contributed by atoms with Gasteiger partial charge in [-0.25, -0.2) is 13.8 Å². The number of ether oxygens (including phenoxy) is 1. The SMILES string of the molecule is OCc1cncc(Oc2cc(F)ccc2F)n1. The summed E-state index contributed by atoms with van der Waals surface area (Å²) < 4.78 is 31.2. The third-order valence-corrected chi connectivity index (χ3v) is 1.93. The van der Waals surface area contributed by atoms with E-state index in [0.717, 1.165) is 18.2 Å². The van der Waals surface area contributed by atoms with Crippen molar-refractivity contribution in [3.63, 3.8) is 0 Å². The molecule has 0 bridgehead atoms. The Morgan fingerprint density at radius 2 is 2.06 bits per heavy atom. The molecule has 1 N–H and O–H groups in total. The molecule has 0 spiro atoms. The molecule has 0 saturated carbocycles. The van der Waals surface area contributed by atoms with E-state index in [-0.39, 0.29) is 23.9 Å². The zero-order valence-corrected chi connectivity index (χ0v) is 8.60. The second-order valence-corrected chi connectivity index (χ2v) is 3.18. The summed E-state index contributed by atoms with van der Waals surface area (Å²) in [6, 6.07) is 2.84. The van der Waals surface area contributed by atoms with Crippen LogP contribution in [0.25, 0.3) is 0 Å². The standard InChI is InChI=1S/C11H8F2N2O2/c12-7-1-2-9(13)10(3-7)17-11-5-14-4-8(6-16)15-11/h1-5,16H,6H2. The summed E-state index contributed by atoms with van der Waals surface area (Å²) in [5.74, 6) is -1.62. The largest absolute Gasteiger partial charge is 0.434 e. The van der Waals surface area contributed by atoms with E-state index in [2.05, 4.69) is 9.97 Å². The van der Waals surface area contributed by atoms with Gasteiger partial charge < -0.3 is 9.84 Å². The van der Waals surface area contributed by atoms with E-state index in [1.165, 1.54) is 12.4 Å². The molecule has 4 nitrogen and oxygen atoms in total. The maximum Gasteiger partial charge on any atom is 0.238 e. The summed E-state index contributed by atoms with van der Waals surface area (Å²) in [5.41, 5.74) is 0.277. The van der Waals surface area contributed by atoms with E-state index in [4.69, 9.17) is 9.84 Å². The Bertz CT molecular complexity index is 535. The lowest BCUT2D eigenvalue weighted by atomic mass is 10.3. The van der Waals surface area contributed by atoms with Crippen molar-refractivity contribution in [3.05, 3.63) is 47.9 Å². The van der Waals surface area contributed by atoms with Gasteiger partial charge in [0.15, 0.2) is 11.6 Å². The van der Waals surface area contributed by atoms with Gasteiger partial charge in [-0.1, -0.05) is 0 Å². The molecule has 2 aromatic rings. The molecule has 1 aromatic heterocycles. The number of nitrogens with zero attached hydrogens (tertiary/aromatic N) is 2. The highest BCUT2D eigenvalue weighted by atomic mass is 19.1. The predicted molar refractivity (Wildman–Crippen MR) is 54.4 cm³/mol. The molecule has 0 radical (unpaired) electrons. The van der Waals surface area contributed by atoms with Gasteiger partial charge in [0.05, 0.1) is 24.7 Å². The fraction of sp³-hybridized carbons (Fsp3) is 0.0909. The molecule has 0 amide bonds. The second-order valence-electron chi connectivity index (χ2n) is 3.18. The van der Waals surface area contributed by atoms with Gasteiger partial charge >= 0.3 is 0 Å². The first-order chi connectivity index (χ1) is 8.19. The van der Waals surface area contributed by atoms with Crippen molar-refractivity contribution in [2.75, 3.05) is 0 Å². The molecule has 1 aromatic carbocycles. The lowest BCUT2D eigenvalue weighted by Gasteiger charge is -2.06. The average molecular weight is 238 g/mol. The molecule has 0 aliphatic heterocycles. The fourth-order valence-electron chi connectivity index (χ4n) is 1.18. The van der Waals surface area contributed by atoms with Crippen LogP contribution in [0.1, 0.15) is 5.69 Å². The summed E-state index contributed by atoms with van der Waals surface area (Å²) in [4.78, 5) is 7.57. The first-order valence-electron chi connectivity index (χ1n) is 4.73. The Hall–Kier alpha value is -2.08. The normalized spacial score (nSPS) is 10.3. The summed E-state index contributed by atoms with van der Waals surface area (Å²) in [6.45, 7) is -0.310. The molecule has 0 atom stereocenters. The van der Waals surface area contributed by atoms with Crippen LogP contribution in [0.3, 0.4) is 0 Å². The van der Waals surface area contributed by atoms with Gasteiger partial charge in [0.2, 0.25) is 5.88 Å². The molecule has 1 heterocycles. The van der Waals surface area contributed by atoms with Crippen LogP contribution < -0.4 is 4.74 Å². The number of hydrogen-bond acceptors (Lipinski definition) is 4. The summed E-state index contributed by atoms with van der Waals surface area (Å²) >= 11 is 0. The van der Waals surface area contributed by atoms with Gasteiger partial charge in [-0.3, -0.25) is 4.98 Å². The van der Waals surface area contributed by atoms with Crippen molar-refractivity contribution in [1.29, 1.82) is 0 Å². The van der Waals surface area contributed by atoms with Gasteiger partial charge in [-0.15, -0.1) is 0 Å². The Balaban J connectivity index is 2.27. The lowest BCUT2D eigenvalue weighted by Crippen LogP contribution is -1.96. The molecule has 88 valence electrons. The first-order valence-corrected chi connectivity index (χ1v) is 4.73. The van der Waals surface area contributed by atoms with Crippen LogP contribution in [0.2, 0.25) is 0 Å². The number of aliphatic hydroxyl groups is 1. The minimum absolute atomic E-state index is 0.0129. The molecule has 0 saturated heterocycles. The van der Waals surface area contributed by atoms with Crippen molar-refractivity contribution in [1.82, 2.24) is 9.97 Å². The maximum absolute atomic E-state index is 13.2. The summed E-state index contributed by atoms with van der Waals surface area (Å²) in [5, 5.41) is 8.83. The van der Waals surface area contributed by atoms with Crippen LogP contribution in [-0.4, -0.2) is 15.1 Å². The highest BCUT2D eigenvalue weighted by Gasteiger charge is 2.07. The van der Waals surface area contributed by atoms with Gasteiger partial charge in [0.25, 0.3) is 0 Å². The molecule has 17 heavy (non-hydrogen) atoms. The molecule has 2 rings (SSSR count). The van der Waals surface area contributed by atoms with E-state index >= 15 is 0 Å². The number of benzene rings is 1. The van der Waals surface area contributed by atoms with Crippen molar-refractivity contribution in [2.45, 2.75) is 6.61 Å². The Kier molecular flexibility index (Phi) is 3.24. The van der Waals surface area contributed by atoms with Crippen LogP contribution in [0.15, 0.2) is 30.6 Å². The van der Waals surface area contributed by atoms with Gasteiger partial charge in [0.1, 0.15) is 5.82 Å². The number of hydrogen-bond donors (Lipinski definition) is 1. The third kappa shape index (κ3) is 2.73. The average Bonchev–Trinajstić information content (AvgIpc) is 2.34. The summed E-state index contributed by atoms with van der Waals surface area (Å²) in [7, 11) is 0. The number of aromatic nitrogens is 2. The lowest BCUT2D eigenvalue weighted by molar-refractivity contribution is 0.274. The smallest absolute Gasteiger partial charge is 0.238 e. The van der Waals surface area contributed by atoms with Gasteiger partial charge in [-0.2, -0.15) is 0 Å². The van der Waals surface area contributed by atoms with Crippen molar-refractivity contribution in [3.8, 4) is 11.6 Å². The monoisotopic (exact) mass is 238 g/mol. The van der Waals surface area contributed by atoms with Crippen LogP contribution in [0.5, 0.6) is 11.6 Å². The molecule has 0 fully saturated rings. The fourth-order valence-corrected chi connectivity index (χ4v) is 1.18. The minimum Gasteiger partial charge on any atom is -0.434 e. The molecule has 6 heteroatoms. The van der Waals surface area contributed by atoms with Crippen molar-refractivity contribution >= 4 is 0 Å². The molecule has 0 aliphatic rings. The maximum atomic E-state index is 13.2. The molecular weight excluding hydrogens is 230 g/mol. The van der Waals surface area contributed by atoms with Crippen molar-refractivity contribution in [2.24, 2.45) is 0 Å².